The van der Waals surface area contributed by atoms with Gasteiger partial charge in [0.25, 0.3) is 0 Å². The first-order chi connectivity index (χ1) is 13.7. The third-order valence-corrected chi connectivity index (χ3v) is 4.20. The van der Waals surface area contributed by atoms with Crippen molar-refractivity contribution in [2.75, 3.05) is 16.4 Å². The van der Waals surface area contributed by atoms with Crippen LogP contribution in [0, 0.1) is 11.3 Å². The first-order valence-corrected chi connectivity index (χ1v) is 8.68. The molecule has 0 saturated carbocycles. The second-order valence-electron chi connectivity index (χ2n) is 6.18. The lowest BCUT2D eigenvalue weighted by Gasteiger charge is -2.12. The van der Waals surface area contributed by atoms with Crippen molar-refractivity contribution < 1.29 is 0 Å². The van der Waals surface area contributed by atoms with Crippen molar-refractivity contribution in [2.24, 2.45) is 0 Å². The zero-order valence-electron chi connectivity index (χ0n) is 14.9. The summed E-state index contributed by atoms with van der Waals surface area (Å²) >= 11 is 0. The summed E-state index contributed by atoms with van der Waals surface area (Å²) < 4.78 is 0. The maximum absolute atomic E-state index is 8.97. The van der Waals surface area contributed by atoms with Crippen LogP contribution in [-0.2, 0) is 6.54 Å². The standard InChI is InChI=1S/C21H17N7/c22-12-17-11-16(7-9-24-17)27-20-6-4-18(23)21(28-20)26-13-14-3-5-19-15(10-14)2-1-8-25-19/h1-11H,13,23H2,(H2,24,26,27,28). The number of aromatic nitrogens is 3. The zero-order chi connectivity index (χ0) is 19.3. The topological polar surface area (TPSA) is 113 Å². The van der Waals surface area contributed by atoms with Crippen molar-refractivity contribution in [2.45, 2.75) is 6.54 Å². The predicted molar refractivity (Wildman–Crippen MR) is 110 cm³/mol. The normalized spacial score (nSPS) is 10.4. The van der Waals surface area contributed by atoms with E-state index in [2.05, 4.69) is 31.7 Å². The van der Waals surface area contributed by atoms with Crippen LogP contribution >= 0.6 is 0 Å². The van der Waals surface area contributed by atoms with Crippen LogP contribution in [0.25, 0.3) is 10.9 Å². The summed E-state index contributed by atoms with van der Waals surface area (Å²) in [6, 6.07) is 19.1. The highest BCUT2D eigenvalue weighted by atomic mass is 15.1. The van der Waals surface area contributed by atoms with Crippen molar-refractivity contribution in [3.63, 3.8) is 0 Å². The largest absolute Gasteiger partial charge is 0.396 e. The molecule has 1 aromatic carbocycles. The van der Waals surface area contributed by atoms with E-state index in [4.69, 9.17) is 11.0 Å². The molecule has 0 unspecified atom stereocenters. The van der Waals surface area contributed by atoms with Crippen LogP contribution in [0.5, 0.6) is 0 Å². The third kappa shape index (κ3) is 3.81. The number of fused-ring (bicyclic) bond motifs is 1. The van der Waals surface area contributed by atoms with Gasteiger partial charge in [0.15, 0.2) is 5.82 Å². The van der Waals surface area contributed by atoms with Gasteiger partial charge < -0.3 is 16.4 Å². The Labute approximate surface area is 161 Å². The molecule has 28 heavy (non-hydrogen) atoms. The van der Waals surface area contributed by atoms with Gasteiger partial charge in [0.1, 0.15) is 17.6 Å². The van der Waals surface area contributed by atoms with Crippen LogP contribution in [0.3, 0.4) is 0 Å². The minimum atomic E-state index is 0.338. The van der Waals surface area contributed by atoms with Crippen LogP contribution in [0.4, 0.5) is 23.0 Å². The second kappa shape index (κ2) is 7.60. The molecule has 0 radical (unpaired) electrons. The highest BCUT2D eigenvalue weighted by Crippen LogP contribution is 2.22. The summed E-state index contributed by atoms with van der Waals surface area (Å²) in [4.78, 5) is 12.8. The Kier molecular flexibility index (Phi) is 4.68. The minimum Gasteiger partial charge on any atom is -0.396 e. The summed E-state index contributed by atoms with van der Waals surface area (Å²) in [5.41, 5.74) is 9.76. The number of anilines is 4. The highest BCUT2D eigenvalue weighted by molar-refractivity contribution is 5.79. The minimum absolute atomic E-state index is 0.338. The smallest absolute Gasteiger partial charge is 0.151 e. The fourth-order valence-electron chi connectivity index (χ4n) is 2.82. The highest BCUT2D eigenvalue weighted by Gasteiger charge is 2.05. The average molecular weight is 367 g/mol. The van der Waals surface area contributed by atoms with Gasteiger partial charge in [0.2, 0.25) is 0 Å². The lowest BCUT2D eigenvalue weighted by Crippen LogP contribution is -2.06. The molecule has 4 aromatic rings. The quantitative estimate of drug-likeness (QED) is 0.491. The molecule has 0 saturated heterocycles. The Bertz CT molecular complexity index is 1180. The molecule has 0 aliphatic carbocycles. The van der Waals surface area contributed by atoms with Crippen LogP contribution in [0.1, 0.15) is 11.3 Å². The van der Waals surface area contributed by atoms with Crippen molar-refractivity contribution in [3.05, 3.63) is 78.2 Å². The van der Waals surface area contributed by atoms with E-state index < -0.39 is 0 Å². The lowest BCUT2D eigenvalue weighted by molar-refractivity contribution is 1.12. The molecule has 0 bridgehead atoms. The van der Waals surface area contributed by atoms with Crippen LogP contribution in [0.2, 0.25) is 0 Å². The summed E-state index contributed by atoms with van der Waals surface area (Å²) in [5, 5.41) is 16.5. The summed E-state index contributed by atoms with van der Waals surface area (Å²) in [7, 11) is 0. The molecule has 136 valence electrons. The van der Waals surface area contributed by atoms with Gasteiger partial charge in [-0.15, -0.1) is 0 Å². The van der Waals surface area contributed by atoms with Crippen molar-refractivity contribution in [1.82, 2.24) is 15.0 Å². The van der Waals surface area contributed by atoms with E-state index in [1.807, 2.05) is 30.3 Å². The number of hydrogen-bond acceptors (Lipinski definition) is 7. The molecule has 0 fully saturated rings. The Morgan fingerprint density at radius 1 is 1.00 bits per heavy atom. The predicted octanol–water partition coefficient (Wildman–Crippen LogP) is 3.83. The fraction of sp³-hybridized carbons (Fsp3) is 0.0476. The number of nitrogens with one attached hydrogen (secondary N) is 2. The fourth-order valence-corrected chi connectivity index (χ4v) is 2.82. The first-order valence-electron chi connectivity index (χ1n) is 8.68. The number of rotatable bonds is 5. The Morgan fingerprint density at radius 2 is 1.93 bits per heavy atom. The lowest BCUT2D eigenvalue weighted by atomic mass is 10.1. The first kappa shape index (κ1) is 17.2. The molecule has 0 spiro atoms. The molecule has 0 aliphatic rings. The maximum Gasteiger partial charge on any atom is 0.151 e. The number of benzene rings is 1. The van der Waals surface area contributed by atoms with E-state index in [0.717, 1.165) is 22.2 Å². The average Bonchev–Trinajstić information content (AvgIpc) is 2.74. The number of nitrogens with two attached hydrogens (primary N) is 1. The Balaban J connectivity index is 1.51. The molecule has 7 heteroatoms. The number of pyridine rings is 3. The molecule has 0 aliphatic heterocycles. The van der Waals surface area contributed by atoms with Crippen molar-refractivity contribution in [3.8, 4) is 6.07 Å². The van der Waals surface area contributed by atoms with Crippen LogP contribution in [-0.4, -0.2) is 15.0 Å². The van der Waals surface area contributed by atoms with E-state index in [0.29, 0.717) is 29.6 Å². The molecule has 4 rings (SSSR count). The SMILES string of the molecule is N#Cc1cc(Nc2ccc(N)c(NCc3ccc4ncccc4c3)n2)ccn1. The van der Waals surface area contributed by atoms with Gasteiger partial charge in [-0.1, -0.05) is 12.1 Å². The monoisotopic (exact) mass is 367 g/mol. The van der Waals surface area contributed by atoms with E-state index in [1.54, 1.807) is 36.7 Å². The molecular formula is C21H17N7. The van der Waals surface area contributed by atoms with Gasteiger partial charge in [-0.2, -0.15) is 5.26 Å². The van der Waals surface area contributed by atoms with E-state index in [9.17, 15) is 0 Å². The molecule has 3 aromatic heterocycles. The van der Waals surface area contributed by atoms with Gasteiger partial charge in [0.05, 0.1) is 11.2 Å². The van der Waals surface area contributed by atoms with Gasteiger partial charge in [0, 0.05) is 30.0 Å². The van der Waals surface area contributed by atoms with E-state index >= 15 is 0 Å². The molecule has 0 amide bonds. The molecular weight excluding hydrogens is 350 g/mol. The van der Waals surface area contributed by atoms with Crippen molar-refractivity contribution in [1.29, 1.82) is 5.26 Å². The second-order valence-corrected chi connectivity index (χ2v) is 6.18. The number of nitrogens with zero attached hydrogens (tertiary/aromatic N) is 4. The number of hydrogen-bond donors (Lipinski definition) is 3. The van der Waals surface area contributed by atoms with Crippen LogP contribution in [0.15, 0.2) is 67.0 Å². The molecule has 0 atom stereocenters. The third-order valence-electron chi connectivity index (χ3n) is 4.20. The summed E-state index contributed by atoms with van der Waals surface area (Å²) in [5.74, 6) is 1.21. The van der Waals surface area contributed by atoms with E-state index in [-0.39, 0.29) is 0 Å². The van der Waals surface area contributed by atoms with Crippen molar-refractivity contribution >= 4 is 33.9 Å². The molecule has 3 heterocycles. The van der Waals surface area contributed by atoms with Gasteiger partial charge in [-0.3, -0.25) is 4.98 Å². The molecule has 4 N–H and O–H groups in total. The Morgan fingerprint density at radius 3 is 2.82 bits per heavy atom. The van der Waals surface area contributed by atoms with Gasteiger partial charge in [-0.25, -0.2) is 9.97 Å². The maximum atomic E-state index is 8.97. The van der Waals surface area contributed by atoms with E-state index in [1.165, 1.54) is 0 Å². The summed E-state index contributed by atoms with van der Waals surface area (Å²) in [6.07, 6.45) is 3.36. The zero-order valence-corrected chi connectivity index (χ0v) is 14.9. The van der Waals surface area contributed by atoms with Crippen LogP contribution < -0.4 is 16.4 Å². The Hall–Kier alpha value is -4.18. The number of nitriles is 1. The summed E-state index contributed by atoms with van der Waals surface area (Å²) in [6.45, 7) is 0.583. The van der Waals surface area contributed by atoms with Gasteiger partial charge in [-0.05, 0) is 48.0 Å². The number of nitrogen functional groups attached to an aromatic ring is 1. The van der Waals surface area contributed by atoms with Gasteiger partial charge >= 0.3 is 0 Å². The molecule has 7 nitrogen and oxygen atoms in total.